The van der Waals surface area contributed by atoms with Gasteiger partial charge in [-0.3, -0.25) is 0 Å². The lowest BCUT2D eigenvalue weighted by atomic mass is 9.86. The van der Waals surface area contributed by atoms with Gasteiger partial charge < -0.3 is 15.7 Å². The average Bonchev–Trinajstić information content (AvgIpc) is 2.18. The van der Waals surface area contributed by atoms with Crippen LogP contribution in [-0.4, -0.2) is 42.3 Å². The zero-order chi connectivity index (χ0) is 10.6. The van der Waals surface area contributed by atoms with Gasteiger partial charge in [0.15, 0.2) is 0 Å². The molecule has 0 aliphatic carbocycles. The Hall–Kier alpha value is -0.120. The summed E-state index contributed by atoms with van der Waals surface area (Å²) in [6, 6.07) is -0.0643. The van der Waals surface area contributed by atoms with E-state index in [1.54, 1.807) is 0 Å². The van der Waals surface area contributed by atoms with Crippen LogP contribution in [0.4, 0.5) is 0 Å². The molecule has 1 fully saturated rings. The molecule has 0 spiro atoms. The summed E-state index contributed by atoms with van der Waals surface area (Å²) in [5.41, 5.74) is 5.71. The first-order chi connectivity index (χ1) is 6.63. The third-order valence-corrected chi connectivity index (χ3v) is 3.30. The molecule has 1 saturated heterocycles. The molecular weight excluding hydrogens is 176 g/mol. The summed E-state index contributed by atoms with van der Waals surface area (Å²) in [6.07, 6.45) is 2.58. The van der Waals surface area contributed by atoms with Crippen LogP contribution in [0.15, 0.2) is 0 Å². The fourth-order valence-electron chi connectivity index (χ4n) is 2.19. The number of piperidine rings is 1. The van der Waals surface area contributed by atoms with Crippen molar-refractivity contribution in [3.63, 3.8) is 0 Å². The van der Waals surface area contributed by atoms with Gasteiger partial charge in [-0.15, -0.1) is 0 Å². The van der Waals surface area contributed by atoms with Crippen molar-refractivity contribution >= 4 is 0 Å². The molecule has 3 heteroatoms. The Morgan fingerprint density at radius 2 is 1.93 bits per heavy atom. The van der Waals surface area contributed by atoms with Crippen molar-refractivity contribution in [1.29, 1.82) is 0 Å². The zero-order valence-corrected chi connectivity index (χ0v) is 9.45. The van der Waals surface area contributed by atoms with E-state index < -0.39 is 0 Å². The van der Waals surface area contributed by atoms with Gasteiger partial charge in [-0.25, -0.2) is 0 Å². The van der Waals surface area contributed by atoms with Crippen LogP contribution in [0.2, 0.25) is 0 Å². The summed E-state index contributed by atoms with van der Waals surface area (Å²) in [5, 5.41) is 8.85. The lowest BCUT2D eigenvalue weighted by Crippen LogP contribution is -2.44. The normalized spacial score (nSPS) is 22.9. The third kappa shape index (κ3) is 3.56. The molecule has 1 atom stereocenters. The average molecular weight is 200 g/mol. The first-order valence-electron chi connectivity index (χ1n) is 5.72. The van der Waals surface area contributed by atoms with E-state index in [-0.39, 0.29) is 12.6 Å². The zero-order valence-electron chi connectivity index (χ0n) is 9.45. The minimum atomic E-state index is -0.0643. The molecule has 0 amide bonds. The van der Waals surface area contributed by atoms with Gasteiger partial charge in [0.25, 0.3) is 0 Å². The fourth-order valence-corrected chi connectivity index (χ4v) is 2.19. The summed E-state index contributed by atoms with van der Waals surface area (Å²) in [5.74, 6) is 1.69. The first-order valence-corrected chi connectivity index (χ1v) is 5.72. The third-order valence-electron chi connectivity index (χ3n) is 3.30. The number of aliphatic hydroxyl groups is 1. The number of aliphatic hydroxyl groups excluding tert-OH is 1. The molecule has 1 unspecified atom stereocenters. The van der Waals surface area contributed by atoms with E-state index >= 15 is 0 Å². The summed E-state index contributed by atoms with van der Waals surface area (Å²) >= 11 is 0. The van der Waals surface area contributed by atoms with E-state index in [4.69, 9.17) is 10.8 Å². The van der Waals surface area contributed by atoms with Crippen molar-refractivity contribution in [2.45, 2.75) is 32.7 Å². The van der Waals surface area contributed by atoms with Gasteiger partial charge in [-0.2, -0.15) is 0 Å². The highest BCUT2D eigenvalue weighted by atomic mass is 16.3. The van der Waals surface area contributed by atoms with Gasteiger partial charge >= 0.3 is 0 Å². The minimum Gasteiger partial charge on any atom is -0.395 e. The molecule has 0 saturated carbocycles. The highest BCUT2D eigenvalue weighted by molar-refractivity contribution is 4.76. The van der Waals surface area contributed by atoms with Crippen LogP contribution in [0.1, 0.15) is 26.7 Å². The predicted octanol–water partition coefficient (Wildman–Crippen LogP) is 0.674. The number of rotatable bonds is 4. The second-order valence-electron chi connectivity index (χ2n) is 4.82. The quantitative estimate of drug-likeness (QED) is 0.701. The maximum atomic E-state index is 8.85. The summed E-state index contributed by atoms with van der Waals surface area (Å²) in [6.45, 7) is 7.86. The highest BCUT2D eigenvalue weighted by Gasteiger charge is 2.22. The largest absolute Gasteiger partial charge is 0.395 e. The fraction of sp³-hybridized carbons (Fsp3) is 1.00. The Balaban J connectivity index is 2.22. The van der Waals surface area contributed by atoms with E-state index in [2.05, 4.69) is 18.7 Å². The van der Waals surface area contributed by atoms with Crippen LogP contribution in [0, 0.1) is 11.8 Å². The van der Waals surface area contributed by atoms with Gasteiger partial charge in [-0.1, -0.05) is 13.8 Å². The van der Waals surface area contributed by atoms with E-state index in [1.807, 2.05) is 0 Å². The van der Waals surface area contributed by atoms with Crippen LogP contribution in [0.25, 0.3) is 0 Å². The van der Waals surface area contributed by atoms with Crippen molar-refractivity contribution in [1.82, 2.24) is 4.90 Å². The van der Waals surface area contributed by atoms with Crippen molar-refractivity contribution in [3.05, 3.63) is 0 Å². The van der Waals surface area contributed by atoms with Gasteiger partial charge in [0.05, 0.1) is 6.61 Å². The van der Waals surface area contributed by atoms with Crippen LogP contribution in [0.5, 0.6) is 0 Å². The van der Waals surface area contributed by atoms with Crippen molar-refractivity contribution in [2.75, 3.05) is 26.2 Å². The predicted molar refractivity (Wildman–Crippen MR) is 59.1 cm³/mol. The smallest absolute Gasteiger partial charge is 0.0595 e. The Morgan fingerprint density at radius 3 is 2.36 bits per heavy atom. The van der Waals surface area contributed by atoms with Crippen LogP contribution < -0.4 is 5.73 Å². The Morgan fingerprint density at radius 1 is 1.36 bits per heavy atom. The number of likely N-dealkylation sites (tertiary alicyclic amines) is 1. The molecule has 0 aromatic rings. The lowest BCUT2D eigenvalue weighted by Gasteiger charge is -2.34. The molecule has 1 heterocycles. The Kier molecular flexibility index (Phi) is 4.85. The Bertz CT molecular complexity index is 153. The van der Waals surface area contributed by atoms with Crippen LogP contribution in [-0.2, 0) is 0 Å². The molecule has 3 N–H and O–H groups in total. The lowest BCUT2D eigenvalue weighted by molar-refractivity contribution is 0.136. The molecule has 3 nitrogen and oxygen atoms in total. The highest BCUT2D eigenvalue weighted by Crippen LogP contribution is 2.24. The van der Waals surface area contributed by atoms with Crippen molar-refractivity contribution in [3.8, 4) is 0 Å². The van der Waals surface area contributed by atoms with Crippen LogP contribution in [0.3, 0.4) is 0 Å². The summed E-state index contributed by atoms with van der Waals surface area (Å²) in [7, 11) is 0. The van der Waals surface area contributed by atoms with Crippen molar-refractivity contribution < 1.29 is 5.11 Å². The maximum absolute atomic E-state index is 8.85. The molecule has 0 aromatic heterocycles. The molecular formula is C11H24N2O. The first kappa shape index (κ1) is 12.0. The molecule has 14 heavy (non-hydrogen) atoms. The second kappa shape index (κ2) is 5.69. The van der Waals surface area contributed by atoms with Gasteiger partial charge in [-0.05, 0) is 37.8 Å². The summed E-state index contributed by atoms with van der Waals surface area (Å²) in [4.78, 5) is 2.37. The molecule has 1 aliphatic heterocycles. The van der Waals surface area contributed by atoms with E-state index in [9.17, 15) is 0 Å². The molecule has 1 rings (SSSR count). The molecule has 0 aromatic carbocycles. The maximum Gasteiger partial charge on any atom is 0.0595 e. The molecule has 1 aliphatic rings. The van der Waals surface area contributed by atoms with Gasteiger partial charge in [0, 0.05) is 12.6 Å². The second-order valence-corrected chi connectivity index (χ2v) is 4.82. The van der Waals surface area contributed by atoms with E-state index in [0.29, 0.717) is 0 Å². The standard InChI is InChI=1S/C11H24N2O/c1-9(2)10-3-5-13(6-4-10)7-11(12)8-14/h9-11,14H,3-8,12H2,1-2H3. The topological polar surface area (TPSA) is 49.5 Å². The van der Waals surface area contributed by atoms with E-state index in [0.717, 1.165) is 31.5 Å². The summed E-state index contributed by atoms with van der Waals surface area (Å²) < 4.78 is 0. The minimum absolute atomic E-state index is 0.0643. The molecule has 0 bridgehead atoms. The van der Waals surface area contributed by atoms with E-state index in [1.165, 1.54) is 12.8 Å². The molecule has 84 valence electrons. The molecule has 0 radical (unpaired) electrons. The number of hydrogen-bond donors (Lipinski definition) is 2. The Labute approximate surface area is 87.3 Å². The number of hydrogen-bond acceptors (Lipinski definition) is 3. The number of nitrogens with two attached hydrogens (primary N) is 1. The van der Waals surface area contributed by atoms with Crippen LogP contribution >= 0.6 is 0 Å². The monoisotopic (exact) mass is 200 g/mol. The van der Waals surface area contributed by atoms with Gasteiger partial charge in [0.2, 0.25) is 0 Å². The van der Waals surface area contributed by atoms with Gasteiger partial charge in [0.1, 0.15) is 0 Å². The SMILES string of the molecule is CC(C)C1CCN(CC(N)CO)CC1. The number of nitrogens with zero attached hydrogens (tertiary/aromatic N) is 1. The van der Waals surface area contributed by atoms with Crippen molar-refractivity contribution in [2.24, 2.45) is 17.6 Å².